The van der Waals surface area contributed by atoms with Crippen LogP contribution in [0, 0.1) is 0 Å². The van der Waals surface area contributed by atoms with Crippen LogP contribution in [0.4, 0.5) is 11.5 Å². The number of ketones is 1. The van der Waals surface area contributed by atoms with E-state index in [9.17, 15) is 14.4 Å². The number of esters is 1. The molecule has 2 aliphatic rings. The fraction of sp³-hybridized carbons (Fsp3) is 0.350. The van der Waals surface area contributed by atoms with Crippen LogP contribution >= 0.6 is 0 Å². The lowest BCUT2D eigenvalue weighted by Gasteiger charge is -2.15. The average molecular weight is 412 g/mol. The molecule has 10 heteroatoms. The summed E-state index contributed by atoms with van der Waals surface area (Å²) in [6.45, 7) is 2.71. The van der Waals surface area contributed by atoms with Gasteiger partial charge in [0.15, 0.2) is 35.4 Å². The Kier molecular flexibility index (Phi) is 5.46. The molecule has 0 unspecified atom stereocenters. The van der Waals surface area contributed by atoms with Crippen LogP contribution in [-0.2, 0) is 9.53 Å². The number of nitrogens with one attached hydrogen (secondary N) is 1. The Labute approximate surface area is 172 Å². The maximum atomic E-state index is 12.2. The van der Waals surface area contributed by atoms with Gasteiger partial charge in [0, 0.05) is 24.7 Å². The van der Waals surface area contributed by atoms with Crippen molar-refractivity contribution in [2.45, 2.75) is 19.8 Å². The molecule has 1 aromatic heterocycles. The third-order valence-electron chi connectivity index (χ3n) is 4.79. The number of benzene rings is 1. The predicted octanol–water partition coefficient (Wildman–Crippen LogP) is 1.80. The van der Waals surface area contributed by atoms with Crippen LogP contribution in [0.3, 0.4) is 0 Å². The van der Waals surface area contributed by atoms with E-state index in [0.717, 1.165) is 25.9 Å². The molecular weight excluding hydrogens is 392 g/mol. The lowest BCUT2D eigenvalue weighted by Crippen LogP contribution is -2.23. The van der Waals surface area contributed by atoms with Crippen LogP contribution in [-0.4, -0.2) is 54.3 Å². The van der Waals surface area contributed by atoms with Gasteiger partial charge in [-0.2, -0.15) is 0 Å². The van der Waals surface area contributed by atoms with Crippen molar-refractivity contribution in [1.29, 1.82) is 0 Å². The van der Waals surface area contributed by atoms with Gasteiger partial charge in [-0.15, -0.1) is 10.2 Å². The number of hydrogen-bond acceptors (Lipinski definition) is 9. The maximum absolute atomic E-state index is 12.2. The number of aromatic nitrogens is 2. The van der Waals surface area contributed by atoms with Crippen molar-refractivity contribution < 1.29 is 28.6 Å². The van der Waals surface area contributed by atoms with Gasteiger partial charge < -0.3 is 24.4 Å². The molecule has 1 saturated heterocycles. The maximum Gasteiger partial charge on any atom is 0.359 e. The number of ether oxygens (including phenoxy) is 3. The SMILES string of the molecule is CC(=O)c1cc2c(cc1NC(=O)COC(=O)c1ccc(N3CCCC3)nn1)OCO2. The van der Waals surface area contributed by atoms with Crippen molar-refractivity contribution >= 4 is 29.2 Å². The first-order valence-electron chi connectivity index (χ1n) is 9.51. The topological polar surface area (TPSA) is 120 Å². The molecule has 3 heterocycles. The Balaban J connectivity index is 1.36. The Morgan fingerprint density at radius 2 is 1.83 bits per heavy atom. The van der Waals surface area contributed by atoms with Gasteiger partial charge in [-0.1, -0.05) is 0 Å². The second kappa shape index (κ2) is 8.36. The average Bonchev–Trinajstić information content (AvgIpc) is 3.43. The Hall–Kier alpha value is -3.69. The van der Waals surface area contributed by atoms with Crippen LogP contribution in [0.15, 0.2) is 24.3 Å². The largest absolute Gasteiger partial charge is 0.454 e. The molecule has 2 aromatic rings. The smallest absolute Gasteiger partial charge is 0.359 e. The zero-order chi connectivity index (χ0) is 21.1. The van der Waals surface area contributed by atoms with Gasteiger partial charge >= 0.3 is 5.97 Å². The summed E-state index contributed by atoms with van der Waals surface area (Å²) in [6, 6.07) is 6.23. The standard InChI is InChI=1S/C20H20N4O6/c1-12(25)13-8-16-17(30-11-29-16)9-15(13)21-19(26)10-28-20(27)14-4-5-18(23-22-14)24-6-2-3-7-24/h4-5,8-9H,2-3,6-7,10-11H2,1H3,(H,21,26). The number of Topliss-reactive ketones (excluding diaryl/α,β-unsaturated/α-hetero) is 1. The van der Waals surface area contributed by atoms with Gasteiger partial charge in [-0.3, -0.25) is 9.59 Å². The molecule has 1 aromatic carbocycles. The number of nitrogens with zero attached hydrogens (tertiary/aromatic N) is 3. The van der Waals surface area contributed by atoms with E-state index in [4.69, 9.17) is 14.2 Å². The minimum absolute atomic E-state index is 0.0123. The molecule has 1 N–H and O–H groups in total. The molecule has 2 aliphatic heterocycles. The summed E-state index contributed by atoms with van der Waals surface area (Å²) in [5.74, 6) is -0.0639. The molecule has 0 radical (unpaired) electrons. The molecule has 0 saturated carbocycles. The lowest BCUT2D eigenvalue weighted by atomic mass is 10.1. The third-order valence-corrected chi connectivity index (χ3v) is 4.79. The van der Waals surface area contributed by atoms with E-state index >= 15 is 0 Å². The van der Waals surface area contributed by atoms with Gasteiger partial charge in [-0.25, -0.2) is 4.79 Å². The van der Waals surface area contributed by atoms with Crippen LogP contribution in [0.5, 0.6) is 11.5 Å². The van der Waals surface area contributed by atoms with E-state index in [0.29, 0.717) is 17.3 Å². The van der Waals surface area contributed by atoms with Gasteiger partial charge in [0.25, 0.3) is 5.91 Å². The molecule has 156 valence electrons. The van der Waals surface area contributed by atoms with Crippen LogP contribution < -0.4 is 19.7 Å². The summed E-state index contributed by atoms with van der Waals surface area (Å²) < 4.78 is 15.5. The van der Waals surface area contributed by atoms with E-state index in [1.54, 1.807) is 6.07 Å². The molecule has 0 spiro atoms. The number of carbonyl (C=O) groups is 3. The number of carbonyl (C=O) groups excluding carboxylic acids is 3. The zero-order valence-corrected chi connectivity index (χ0v) is 16.3. The first-order chi connectivity index (χ1) is 14.5. The summed E-state index contributed by atoms with van der Waals surface area (Å²) >= 11 is 0. The molecule has 0 atom stereocenters. The molecule has 0 bridgehead atoms. The Bertz CT molecular complexity index is 986. The van der Waals surface area contributed by atoms with Crippen molar-refractivity contribution in [3.8, 4) is 11.5 Å². The highest BCUT2D eigenvalue weighted by molar-refractivity contribution is 6.05. The van der Waals surface area contributed by atoms with Crippen molar-refractivity contribution in [2.75, 3.05) is 36.7 Å². The third kappa shape index (κ3) is 4.17. The van der Waals surface area contributed by atoms with Gasteiger partial charge in [0.1, 0.15) is 0 Å². The fourth-order valence-corrected chi connectivity index (χ4v) is 3.28. The van der Waals surface area contributed by atoms with Crippen LogP contribution in [0.1, 0.15) is 40.6 Å². The predicted molar refractivity (Wildman–Crippen MR) is 105 cm³/mol. The normalized spacial score (nSPS) is 14.5. The summed E-state index contributed by atoms with van der Waals surface area (Å²) in [6.07, 6.45) is 2.21. The van der Waals surface area contributed by atoms with Crippen LogP contribution in [0.2, 0.25) is 0 Å². The number of rotatable bonds is 6. The van der Waals surface area contributed by atoms with E-state index in [1.807, 2.05) is 0 Å². The van der Waals surface area contributed by atoms with E-state index in [-0.39, 0.29) is 29.5 Å². The highest BCUT2D eigenvalue weighted by Crippen LogP contribution is 2.37. The minimum atomic E-state index is -0.761. The zero-order valence-electron chi connectivity index (χ0n) is 16.3. The van der Waals surface area contributed by atoms with Crippen LogP contribution in [0.25, 0.3) is 0 Å². The molecule has 30 heavy (non-hydrogen) atoms. The molecule has 1 amide bonds. The van der Waals surface area contributed by atoms with Crippen molar-refractivity contribution in [2.24, 2.45) is 0 Å². The van der Waals surface area contributed by atoms with E-state index in [2.05, 4.69) is 20.4 Å². The van der Waals surface area contributed by atoms with E-state index in [1.165, 1.54) is 25.1 Å². The highest BCUT2D eigenvalue weighted by Gasteiger charge is 2.21. The monoisotopic (exact) mass is 412 g/mol. The summed E-state index contributed by atoms with van der Waals surface area (Å²) in [5, 5.41) is 10.5. The van der Waals surface area contributed by atoms with Crippen molar-refractivity contribution in [3.05, 3.63) is 35.5 Å². The minimum Gasteiger partial charge on any atom is -0.454 e. The number of hydrogen-bond donors (Lipinski definition) is 1. The molecule has 1 fully saturated rings. The number of amides is 1. The van der Waals surface area contributed by atoms with Gasteiger partial charge in [0.2, 0.25) is 6.79 Å². The molecular formula is C20H20N4O6. The summed E-state index contributed by atoms with van der Waals surface area (Å²) in [5.41, 5.74) is 0.531. The van der Waals surface area contributed by atoms with Crippen molar-refractivity contribution in [3.63, 3.8) is 0 Å². The molecule has 10 nitrogen and oxygen atoms in total. The molecule has 4 rings (SSSR count). The summed E-state index contributed by atoms with van der Waals surface area (Å²) in [4.78, 5) is 38.4. The first kappa shape index (κ1) is 19.6. The first-order valence-corrected chi connectivity index (χ1v) is 9.51. The van der Waals surface area contributed by atoms with E-state index < -0.39 is 18.5 Å². The molecule has 0 aliphatic carbocycles. The number of fused-ring (bicyclic) bond motifs is 1. The fourth-order valence-electron chi connectivity index (χ4n) is 3.28. The van der Waals surface area contributed by atoms with Crippen molar-refractivity contribution in [1.82, 2.24) is 10.2 Å². The second-order valence-corrected chi connectivity index (χ2v) is 6.90. The Morgan fingerprint density at radius 1 is 1.10 bits per heavy atom. The second-order valence-electron chi connectivity index (χ2n) is 6.90. The summed E-state index contributed by atoms with van der Waals surface area (Å²) in [7, 11) is 0. The van der Waals surface area contributed by atoms with Gasteiger partial charge in [-0.05, 0) is 38.0 Å². The lowest BCUT2D eigenvalue weighted by molar-refractivity contribution is -0.119. The van der Waals surface area contributed by atoms with Gasteiger partial charge in [0.05, 0.1) is 5.69 Å². The quantitative estimate of drug-likeness (QED) is 0.559. The highest BCUT2D eigenvalue weighted by atomic mass is 16.7. The Morgan fingerprint density at radius 3 is 2.50 bits per heavy atom. The number of anilines is 2.